The molecule has 1 unspecified atom stereocenters. The van der Waals surface area contributed by atoms with Crippen molar-refractivity contribution < 1.29 is 28.6 Å². The van der Waals surface area contributed by atoms with Crippen LogP contribution in [0.5, 0.6) is 0 Å². The Kier molecular flexibility index (Phi) is 44.5. The highest BCUT2D eigenvalue weighted by molar-refractivity contribution is 5.71. The molecule has 0 heterocycles. The number of allylic oxidation sites excluding steroid dienone is 14. The van der Waals surface area contributed by atoms with Gasteiger partial charge in [0.1, 0.15) is 13.2 Å². The van der Waals surface area contributed by atoms with E-state index in [0.717, 1.165) is 77.0 Å². The van der Waals surface area contributed by atoms with E-state index in [1.807, 2.05) is 54.7 Å². The fraction of sp³-hybridized carbons (Fsp3) is 0.679. The molecule has 0 bridgehead atoms. The smallest absolute Gasteiger partial charge is 0.306 e. The SMILES string of the molecule is CC\C=C/C=C\C=C/C=C\C=C/CCCC(=O)OCC(COC(=O)CCCCC/C=C\CCCCCCCCC)OC(=O)CCCCC/C=C\CCCCCCCCC. The molecule has 0 saturated heterocycles. The van der Waals surface area contributed by atoms with Crippen molar-refractivity contribution in [1.29, 1.82) is 0 Å². The Hall–Kier alpha value is -3.41. The van der Waals surface area contributed by atoms with Gasteiger partial charge in [-0.05, 0) is 83.5 Å². The first-order chi connectivity index (χ1) is 29.0. The Labute approximate surface area is 363 Å². The van der Waals surface area contributed by atoms with E-state index in [1.54, 1.807) is 0 Å². The summed E-state index contributed by atoms with van der Waals surface area (Å²) in [5, 5.41) is 0. The molecule has 0 aliphatic heterocycles. The second-order valence-electron chi connectivity index (χ2n) is 15.8. The van der Waals surface area contributed by atoms with Gasteiger partial charge in [-0.15, -0.1) is 0 Å². The molecule has 0 saturated carbocycles. The molecule has 336 valence electrons. The molecule has 0 aromatic rings. The Balaban J connectivity index is 4.54. The van der Waals surface area contributed by atoms with E-state index in [4.69, 9.17) is 14.2 Å². The van der Waals surface area contributed by atoms with E-state index in [1.165, 1.54) is 89.9 Å². The first-order valence-corrected chi connectivity index (χ1v) is 24.2. The van der Waals surface area contributed by atoms with Crippen LogP contribution in [0.3, 0.4) is 0 Å². The molecule has 0 amide bonds. The second kappa shape index (κ2) is 47.3. The van der Waals surface area contributed by atoms with Gasteiger partial charge in [-0.1, -0.05) is 196 Å². The van der Waals surface area contributed by atoms with E-state index in [9.17, 15) is 14.4 Å². The van der Waals surface area contributed by atoms with Gasteiger partial charge in [0.15, 0.2) is 6.10 Å². The van der Waals surface area contributed by atoms with Gasteiger partial charge in [0.2, 0.25) is 0 Å². The molecular weight excluding hydrogens is 733 g/mol. The number of carbonyl (C=O) groups excluding carboxylic acids is 3. The van der Waals surface area contributed by atoms with Crippen LogP contribution in [-0.4, -0.2) is 37.2 Å². The summed E-state index contributed by atoms with van der Waals surface area (Å²) in [5.41, 5.74) is 0. The van der Waals surface area contributed by atoms with Crippen molar-refractivity contribution in [1.82, 2.24) is 0 Å². The minimum absolute atomic E-state index is 0.114. The number of unbranched alkanes of at least 4 members (excludes halogenated alkanes) is 21. The summed E-state index contributed by atoms with van der Waals surface area (Å²) in [6.45, 7) is 6.38. The maximum absolute atomic E-state index is 12.7. The summed E-state index contributed by atoms with van der Waals surface area (Å²) in [6, 6.07) is 0. The molecule has 0 radical (unpaired) electrons. The van der Waals surface area contributed by atoms with Crippen LogP contribution in [-0.2, 0) is 28.6 Å². The lowest BCUT2D eigenvalue weighted by Gasteiger charge is -2.18. The largest absolute Gasteiger partial charge is 0.462 e. The van der Waals surface area contributed by atoms with Crippen molar-refractivity contribution >= 4 is 17.9 Å². The maximum Gasteiger partial charge on any atom is 0.306 e. The van der Waals surface area contributed by atoms with Gasteiger partial charge in [0, 0.05) is 19.3 Å². The van der Waals surface area contributed by atoms with E-state index in [-0.39, 0.29) is 44.0 Å². The monoisotopic (exact) mass is 821 g/mol. The Morgan fingerprint density at radius 3 is 1.14 bits per heavy atom. The molecule has 0 rings (SSSR count). The lowest BCUT2D eigenvalue weighted by Crippen LogP contribution is -2.30. The minimum Gasteiger partial charge on any atom is -0.462 e. The predicted octanol–water partition coefficient (Wildman–Crippen LogP) is 15.6. The standard InChI is InChI=1S/C53H88O6/c1-4-7-10-13-16-19-22-25-28-31-34-37-40-43-46-52(55)58-49-50(48-57-51(54)45-42-39-36-33-30-27-24-21-18-15-12-9-6-3)59-53(56)47-44-41-38-35-32-29-26-23-20-17-14-11-8-5-2/h9,12,15,18,21,24,27-33,36,50H,4-8,10-11,13-14,16-17,19-20,22-23,25-26,34-35,37-49H2,1-3H3/b12-9-,18-15-,24-21-,30-27-,31-28-,32-29-,36-33-. The number of hydrogen-bond acceptors (Lipinski definition) is 6. The van der Waals surface area contributed by atoms with Crippen molar-refractivity contribution in [3.8, 4) is 0 Å². The zero-order chi connectivity index (χ0) is 43.0. The van der Waals surface area contributed by atoms with Crippen LogP contribution in [0.1, 0.15) is 213 Å². The van der Waals surface area contributed by atoms with Crippen LogP contribution in [0.25, 0.3) is 0 Å². The third kappa shape index (κ3) is 45.5. The maximum atomic E-state index is 12.7. The van der Waals surface area contributed by atoms with Crippen LogP contribution < -0.4 is 0 Å². The molecule has 6 heteroatoms. The molecule has 0 aromatic heterocycles. The van der Waals surface area contributed by atoms with Crippen LogP contribution in [0.15, 0.2) is 85.1 Å². The zero-order valence-corrected chi connectivity index (χ0v) is 38.2. The van der Waals surface area contributed by atoms with E-state index in [0.29, 0.717) is 12.8 Å². The number of hydrogen-bond donors (Lipinski definition) is 0. The Bertz CT molecular complexity index is 1170. The summed E-state index contributed by atoms with van der Waals surface area (Å²) in [5.74, 6) is -1.03. The van der Waals surface area contributed by atoms with Gasteiger partial charge in [0.25, 0.3) is 0 Å². The van der Waals surface area contributed by atoms with Gasteiger partial charge >= 0.3 is 17.9 Å². The molecule has 0 aliphatic carbocycles. The van der Waals surface area contributed by atoms with Gasteiger partial charge in [-0.2, -0.15) is 0 Å². The lowest BCUT2D eigenvalue weighted by molar-refractivity contribution is -0.167. The average Bonchev–Trinajstić information content (AvgIpc) is 3.23. The molecule has 0 fully saturated rings. The molecular formula is C53H88O6. The second-order valence-corrected chi connectivity index (χ2v) is 15.8. The number of esters is 3. The van der Waals surface area contributed by atoms with Crippen molar-refractivity contribution in [2.45, 2.75) is 219 Å². The number of rotatable bonds is 42. The molecule has 0 N–H and O–H groups in total. The molecule has 0 aromatic carbocycles. The zero-order valence-electron chi connectivity index (χ0n) is 38.2. The topological polar surface area (TPSA) is 78.9 Å². The summed E-state index contributed by atoms with van der Waals surface area (Å²) in [6.07, 6.45) is 60.0. The van der Waals surface area contributed by atoms with Crippen LogP contribution in [0, 0.1) is 0 Å². The summed E-state index contributed by atoms with van der Waals surface area (Å²) < 4.78 is 16.6. The molecule has 0 spiro atoms. The quantitative estimate of drug-likeness (QED) is 0.0201. The van der Waals surface area contributed by atoms with E-state index < -0.39 is 6.10 Å². The van der Waals surface area contributed by atoms with Crippen molar-refractivity contribution in [3.05, 3.63) is 85.1 Å². The molecule has 0 aliphatic rings. The van der Waals surface area contributed by atoms with Gasteiger partial charge in [-0.3, -0.25) is 14.4 Å². The number of carbonyl (C=O) groups is 3. The van der Waals surface area contributed by atoms with Crippen LogP contribution in [0.4, 0.5) is 0 Å². The average molecular weight is 821 g/mol. The molecule has 59 heavy (non-hydrogen) atoms. The predicted molar refractivity (Wildman–Crippen MR) is 251 cm³/mol. The minimum atomic E-state index is -0.818. The van der Waals surface area contributed by atoms with E-state index >= 15 is 0 Å². The van der Waals surface area contributed by atoms with Gasteiger partial charge < -0.3 is 14.2 Å². The Morgan fingerprint density at radius 1 is 0.356 bits per heavy atom. The highest BCUT2D eigenvalue weighted by Gasteiger charge is 2.19. The normalized spacial score (nSPS) is 12.8. The first-order valence-electron chi connectivity index (χ1n) is 24.2. The Morgan fingerprint density at radius 2 is 0.695 bits per heavy atom. The number of ether oxygens (including phenoxy) is 3. The fourth-order valence-electron chi connectivity index (χ4n) is 6.34. The lowest BCUT2D eigenvalue weighted by atomic mass is 10.1. The van der Waals surface area contributed by atoms with Gasteiger partial charge in [-0.25, -0.2) is 0 Å². The first kappa shape index (κ1) is 55.6. The highest BCUT2D eigenvalue weighted by atomic mass is 16.6. The van der Waals surface area contributed by atoms with Crippen molar-refractivity contribution in [2.24, 2.45) is 0 Å². The van der Waals surface area contributed by atoms with Crippen molar-refractivity contribution in [3.63, 3.8) is 0 Å². The molecule has 6 nitrogen and oxygen atoms in total. The van der Waals surface area contributed by atoms with E-state index in [2.05, 4.69) is 51.2 Å². The molecule has 1 atom stereocenters. The highest BCUT2D eigenvalue weighted by Crippen LogP contribution is 2.13. The third-order valence-corrected chi connectivity index (χ3v) is 9.98. The third-order valence-electron chi connectivity index (χ3n) is 9.98. The summed E-state index contributed by atoms with van der Waals surface area (Å²) in [7, 11) is 0. The summed E-state index contributed by atoms with van der Waals surface area (Å²) >= 11 is 0. The van der Waals surface area contributed by atoms with Crippen molar-refractivity contribution in [2.75, 3.05) is 13.2 Å². The fourth-order valence-corrected chi connectivity index (χ4v) is 6.34. The van der Waals surface area contributed by atoms with Gasteiger partial charge in [0.05, 0.1) is 0 Å². The summed E-state index contributed by atoms with van der Waals surface area (Å²) in [4.78, 5) is 37.8. The van der Waals surface area contributed by atoms with Crippen LogP contribution in [0.2, 0.25) is 0 Å². The van der Waals surface area contributed by atoms with Crippen LogP contribution >= 0.6 is 0 Å².